The van der Waals surface area contributed by atoms with Gasteiger partial charge in [-0.2, -0.15) is 0 Å². The van der Waals surface area contributed by atoms with Crippen molar-refractivity contribution in [3.63, 3.8) is 0 Å². The first-order valence-corrected chi connectivity index (χ1v) is 6.39. The predicted molar refractivity (Wildman–Crippen MR) is 72.7 cm³/mol. The summed E-state index contributed by atoms with van der Waals surface area (Å²) in [7, 11) is 2.15. The lowest BCUT2D eigenvalue weighted by Crippen LogP contribution is -2.13. The van der Waals surface area contributed by atoms with Gasteiger partial charge in [0, 0.05) is 25.8 Å². The molecule has 2 heterocycles. The van der Waals surface area contributed by atoms with Gasteiger partial charge in [-0.05, 0) is 35.7 Å². The van der Waals surface area contributed by atoms with Crippen LogP contribution in [0, 0.1) is 0 Å². The first-order chi connectivity index (χ1) is 8.83. The molecular weight excluding hydrogens is 224 g/mol. The standard InChI is InChI=1S/C15H18N2O/c1-17-7-6-13-9-12(4-5-15(13)17)10-16-11-14-3-2-8-18-14/h2-5,8-9,16H,6-7,10-11H2,1H3. The molecule has 3 nitrogen and oxygen atoms in total. The molecule has 0 aliphatic carbocycles. The topological polar surface area (TPSA) is 28.4 Å². The lowest BCUT2D eigenvalue weighted by molar-refractivity contribution is 0.483. The molecule has 1 aliphatic heterocycles. The zero-order valence-electron chi connectivity index (χ0n) is 10.6. The van der Waals surface area contributed by atoms with Gasteiger partial charge in [-0.15, -0.1) is 0 Å². The van der Waals surface area contributed by atoms with Crippen LogP contribution in [0.1, 0.15) is 16.9 Å². The van der Waals surface area contributed by atoms with Crippen LogP contribution in [0.4, 0.5) is 5.69 Å². The van der Waals surface area contributed by atoms with E-state index in [9.17, 15) is 0 Å². The number of rotatable bonds is 4. The van der Waals surface area contributed by atoms with E-state index in [4.69, 9.17) is 4.42 Å². The van der Waals surface area contributed by atoms with E-state index in [0.29, 0.717) is 0 Å². The molecule has 1 aliphatic rings. The summed E-state index contributed by atoms with van der Waals surface area (Å²) in [4.78, 5) is 2.31. The Morgan fingerprint density at radius 3 is 3.06 bits per heavy atom. The maximum absolute atomic E-state index is 5.29. The smallest absolute Gasteiger partial charge is 0.117 e. The molecule has 0 radical (unpaired) electrons. The minimum absolute atomic E-state index is 0.782. The zero-order valence-corrected chi connectivity index (χ0v) is 10.6. The minimum atomic E-state index is 0.782. The first-order valence-electron chi connectivity index (χ1n) is 6.39. The van der Waals surface area contributed by atoms with Crippen molar-refractivity contribution in [3.05, 3.63) is 53.5 Å². The summed E-state index contributed by atoms with van der Waals surface area (Å²) < 4.78 is 5.29. The molecule has 0 bridgehead atoms. The van der Waals surface area contributed by atoms with Crippen LogP contribution in [0.15, 0.2) is 41.0 Å². The number of furan rings is 1. The Balaban J connectivity index is 1.60. The summed E-state index contributed by atoms with van der Waals surface area (Å²) in [6, 6.07) is 10.7. The van der Waals surface area contributed by atoms with Gasteiger partial charge in [-0.3, -0.25) is 0 Å². The second kappa shape index (κ2) is 4.86. The Kier molecular flexibility index (Phi) is 3.07. The van der Waals surface area contributed by atoms with E-state index in [0.717, 1.165) is 31.8 Å². The fraction of sp³-hybridized carbons (Fsp3) is 0.333. The molecule has 0 amide bonds. The van der Waals surface area contributed by atoms with Crippen LogP contribution in [-0.4, -0.2) is 13.6 Å². The number of nitrogens with one attached hydrogen (secondary N) is 1. The Labute approximate surface area is 107 Å². The van der Waals surface area contributed by atoms with Crippen LogP contribution in [0.25, 0.3) is 0 Å². The third-order valence-corrected chi connectivity index (χ3v) is 3.48. The highest BCUT2D eigenvalue weighted by Crippen LogP contribution is 2.27. The van der Waals surface area contributed by atoms with Crippen molar-refractivity contribution in [2.24, 2.45) is 0 Å². The van der Waals surface area contributed by atoms with E-state index in [1.165, 1.54) is 16.8 Å². The molecule has 1 aromatic carbocycles. The van der Waals surface area contributed by atoms with Crippen molar-refractivity contribution < 1.29 is 4.42 Å². The van der Waals surface area contributed by atoms with Crippen molar-refractivity contribution in [1.29, 1.82) is 0 Å². The summed E-state index contributed by atoms with van der Waals surface area (Å²) in [6.07, 6.45) is 2.88. The molecule has 0 atom stereocenters. The largest absolute Gasteiger partial charge is 0.468 e. The quantitative estimate of drug-likeness (QED) is 0.893. The molecule has 0 unspecified atom stereocenters. The van der Waals surface area contributed by atoms with Crippen molar-refractivity contribution in [2.75, 3.05) is 18.5 Å². The molecule has 3 rings (SSSR count). The first kappa shape index (κ1) is 11.4. The summed E-state index contributed by atoms with van der Waals surface area (Å²) in [5.74, 6) is 0.982. The van der Waals surface area contributed by atoms with Gasteiger partial charge < -0.3 is 14.6 Å². The van der Waals surface area contributed by atoms with Crippen LogP contribution in [0.3, 0.4) is 0 Å². The van der Waals surface area contributed by atoms with Crippen LogP contribution in [0.5, 0.6) is 0 Å². The number of hydrogen-bond acceptors (Lipinski definition) is 3. The molecule has 0 saturated heterocycles. The van der Waals surface area contributed by atoms with E-state index in [2.05, 4.69) is 35.5 Å². The number of anilines is 1. The molecule has 3 heteroatoms. The van der Waals surface area contributed by atoms with Crippen molar-refractivity contribution in [3.8, 4) is 0 Å². The zero-order chi connectivity index (χ0) is 12.4. The Hall–Kier alpha value is -1.74. The third kappa shape index (κ3) is 2.27. The highest BCUT2D eigenvalue weighted by Gasteiger charge is 2.15. The second-order valence-electron chi connectivity index (χ2n) is 4.82. The summed E-state index contributed by atoms with van der Waals surface area (Å²) in [5, 5.41) is 3.40. The Morgan fingerprint density at radius 1 is 1.28 bits per heavy atom. The predicted octanol–water partition coefficient (Wildman–Crippen LogP) is 2.56. The van der Waals surface area contributed by atoms with Gasteiger partial charge in [0.15, 0.2) is 0 Å². The third-order valence-electron chi connectivity index (χ3n) is 3.48. The molecular formula is C15H18N2O. The minimum Gasteiger partial charge on any atom is -0.468 e. The molecule has 0 fully saturated rings. The Bertz CT molecular complexity index is 519. The normalized spacial score (nSPS) is 13.9. The molecule has 1 aromatic heterocycles. The molecule has 94 valence electrons. The lowest BCUT2D eigenvalue weighted by atomic mass is 10.1. The highest BCUT2D eigenvalue weighted by atomic mass is 16.3. The van der Waals surface area contributed by atoms with Crippen molar-refractivity contribution in [1.82, 2.24) is 5.32 Å². The number of nitrogens with zero attached hydrogens (tertiary/aromatic N) is 1. The number of benzene rings is 1. The van der Waals surface area contributed by atoms with Gasteiger partial charge in [-0.1, -0.05) is 12.1 Å². The number of fused-ring (bicyclic) bond motifs is 1. The van der Waals surface area contributed by atoms with Crippen LogP contribution in [-0.2, 0) is 19.5 Å². The second-order valence-corrected chi connectivity index (χ2v) is 4.82. The maximum Gasteiger partial charge on any atom is 0.117 e. The van der Waals surface area contributed by atoms with Crippen LogP contribution >= 0.6 is 0 Å². The average Bonchev–Trinajstić information content (AvgIpc) is 3.00. The van der Waals surface area contributed by atoms with Crippen molar-refractivity contribution >= 4 is 5.69 Å². The molecule has 2 aromatic rings. The molecule has 1 N–H and O–H groups in total. The van der Waals surface area contributed by atoms with Gasteiger partial charge in [-0.25, -0.2) is 0 Å². The summed E-state index contributed by atoms with van der Waals surface area (Å²) in [5.41, 5.74) is 4.19. The fourth-order valence-corrected chi connectivity index (χ4v) is 2.47. The van der Waals surface area contributed by atoms with Gasteiger partial charge in [0.05, 0.1) is 12.8 Å². The van der Waals surface area contributed by atoms with Gasteiger partial charge in [0.1, 0.15) is 5.76 Å². The van der Waals surface area contributed by atoms with Crippen LogP contribution in [0.2, 0.25) is 0 Å². The van der Waals surface area contributed by atoms with Gasteiger partial charge in [0.25, 0.3) is 0 Å². The van der Waals surface area contributed by atoms with E-state index in [1.807, 2.05) is 12.1 Å². The molecule has 0 saturated carbocycles. The van der Waals surface area contributed by atoms with Crippen LogP contribution < -0.4 is 10.2 Å². The summed E-state index contributed by atoms with van der Waals surface area (Å²) >= 11 is 0. The van der Waals surface area contributed by atoms with E-state index < -0.39 is 0 Å². The maximum atomic E-state index is 5.29. The van der Waals surface area contributed by atoms with E-state index in [1.54, 1.807) is 6.26 Å². The van der Waals surface area contributed by atoms with E-state index >= 15 is 0 Å². The van der Waals surface area contributed by atoms with E-state index in [-0.39, 0.29) is 0 Å². The number of likely N-dealkylation sites (N-methyl/N-ethyl adjacent to an activating group) is 1. The fourth-order valence-electron chi connectivity index (χ4n) is 2.47. The monoisotopic (exact) mass is 242 g/mol. The highest BCUT2D eigenvalue weighted by molar-refractivity contribution is 5.58. The van der Waals surface area contributed by atoms with Crippen molar-refractivity contribution in [2.45, 2.75) is 19.5 Å². The SMILES string of the molecule is CN1CCc2cc(CNCc3ccco3)ccc21. The van der Waals surface area contributed by atoms with Gasteiger partial charge in [0.2, 0.25) is 0 Å². The molecule has 18 heavy (non-hydrogen) atoms. The lowest BCUT2D eigenvalue weighted by Gasteiger charge is -2.12. The van der Waals surface area contributed by atoms with Gasteiger partial charge >= 0.3 is 0 Å². The number of hydrogen-bond donors (Lipinski definition) is 1. The Morgan fingerprint density at radius 2 is 2.22 bits per heavy atom. The summed E-state index contributed by atoms with van der Waals surface area (Å²) in [6.45, 7) is 2.81. The molecule has 0 spiro atoms. The average molecular weight is 242 g/mol.